The second-order valence-electron chi connectivity index (χ2n) is 7.17. The van der Waals surface area contributed by atoms with E-state index < -0.39 is 17.0 Å². The molecule has 1 aliphatic rings. The van der Waals surface area contributed by atoms with Crippen molar-refractivity contribution < 1.29 is 18.7 Å². The van der Waals surface area contributed by atoms with Crippen LogP contribution in [0.5, 0.6) is 5.75 Å². The van der Waals surface area contributed by atoms with Gasteiger partial charge >= 0.3 is 0 Å². The molecule has 6 heteroatoms. The molecule has 0 aliphatic carbocycles. The molecule has 0 N–H and O–H groups in total. The number of nitrogens with zero attached hydrogens (tertiary/aromatic N) is 1. The summed E-state index contributed by atoms with van der Waals surface area (Å²) in [6.45, 7) is 2.32. The van der Waals surface area contributed by atoms with Gasteiger partial charge in [0.25, 0.3) is 11.1 Å². The number of amides is 2. The number of hydrogen-bond donors (Lipinski definition) is 0. The zero-order valence-corrected chi connectivity index (χ0v) is 17.7. The molecule has 4 nitrogen and oxygen atoms in total. The van der Waals surface area contributed by atoms with Gasteiger partial charge in [-0.25, -0.2) is 4.39 Å². The summed E-state index contributed by atoms with van der Waals surface area (Å²) in [5.41, 5.74) is 3.19. The highest BCUT2D eigenvalue weighted by Crippen LogP contribution is 2.35. The van der Waals surface area contributed by atoms with Gasteiger partial charge in [0.2, 0.25) is 0 Å². The molecular formula is C25H20FNO3S. The number of ether oxygens (including phenoxy) is 1. The zero-order valence-electron chi connectivity index (χ0n) is 16.9. The van der Waals surface area contributed by atoms with Crippen LogP contribution in [-0.2, 0) is 17.9 Å². The van der Waals surface area contributed by atoms with E-state index in [0.717, 1.165) is 27.8 Å². The molecule has 2 amide bonds. The molecule has 1 aliphatic heterocycles. The van der Waals surface area contributed by atoms with Crippen molar-refractivity contribution in [3.8, 4) is 5.75 Å². The summed E-state index contributed by atoms with van der Waals surface area (Å²) < 4.78 is 19.9. The Morgan fingerprint density at radius 2 is 1.77 bits per heavy atom. The normalized spacial score (nSPS) is 15.0. The fraction of sp³-hybridized carbons (Fsp3) is 0.120. The van der Waals surface area contributed by atoms with Crippen molar-refractivity contribution >= 4 is 29.0 Å². The van der Waals surface area contributed by atoms with E-state index in [4.69, 9.17) is 4.74 Å². The summed E-state index contributed by atoms with van der Waals surface area (Å²) >= 11 is 0.847. The van der Waals surface area contributed by atoms with Gasteiger partial charge in [-0.2, -0.15) is 0 Å². The van der Waals surface area contributed by atoms with E-state index in [2.05, 4.69) is 6.07 Å². The molecule has 0 radical (unpaired) electrons. The molecule has 31 heavy (non-hydrogen) atoms. The Morgan fingerprint density at radius 3 is 2.58 bits per heavy atom. The van der Waals surface area contributed by atoms with E-state index in [1.54, 1.807) is 24.3 Å². The molecule has 0 aromatic heterocycles. The van der Waals surface area contributed by atoms with Crippen LogP contribution >= 0.6 is 11.8 Å². The van der Waals surface area contributed by atoms with E-state index in [1.165, 1.54) is 6.07 Å². The monoisotopic (exact) mass is 433 g/mol. The van der Waals surface area contributed by atoms with Crippen LogP contribution in [0.3, 0.4) is 0 Å². The van der Waals surface area contributed by atoms with E-state index in [-0.39, 0.29) is 11.4 Å². The van der Waals surface area contributed by atoms with E-state index in [1.807, 2.05) is 49.4 Å². The standard InChI is InChI=1S/C25H20FNO3S/c1-17-7-6-8-18(13-17)16-30-22-12-5-3-9-19(22)14-23-24(28)27(25(29)31-23)15-20-10-2-4-11-21(20)26/h2-14H,15-16H2,1H3/b23-14+. The Labute approximate surface area is 184 Å². The van der Waals surface area contributed by atoms with Crippen LogP contribution < -0.4 is 4.74 Å². The molecule has 1 fully saturated rings. The largest absolute Gasteiger partial charge is 0.488 e. The lowest BCUT2D eigenvalue weighted by molar-refractivity contribution is -0.123. The predicted molar refractivity (Wildman–Crippen MR) is 120 cm³/mol. The molecule has 0 bridgehead atoms. The molecule has 0 atom stereocenters. The Kier molecular flexibility index (Phi) is 6.18. The first-order valence-corrected chi connectivity index (χ1v) is 10.6. The Balaban J connectivity index is 1.53. The molecule has 4 rings (SSSR count). The van der Waals surface area contributed by atoms with Crippen molar-refractivity contribution in [2.45, 2.75) is 20.1 Å². The number of thioether (sulfide) groups is 1. The molecule has 0 unspecified atom stereocenters. The van der Waals surface area contributed by atoms with E-state index in [9.17, 15) is 14.0 Å². The third kappa shape index (κ3) is 4.86. The first-order valence-electron chi connectivity index (χ1n) is 9.77. The smallest absolute Gasteiger partial charge is 0.293 e. The minimum Gasteiger partial charge on any atom is -0.488 e. The molecule has 0 saturated carbocycles. The van der Waals surface area contributed by atoms with Crippen LogP contribution in [0.2, 0.25) is 0 Å². The Bertz CT molecular complexity index is 1170. The van der Waals surface area contributed by atoms with Crippen molar-refractivity contribution in [3.63, 3.8) is 0 Å². The van der Waals surface area contributed by atoms with Crippen molar-refractivity contribution in [1.29, 1.82) is 0 Å². The topological polar surface area (TPSA) is 46.6 Å². The van der Waals surface area contributed by atoms with Crippen LogP contribution in [0.25, 0.3) is 6.08 Å². The summed E-state index contributed by atoms with van der Waals surface area (Å²) in [5, 5.41) is -0.419. The Morgan fingerprint density at radius 1 is 1.00 bits per heavy atom. The summed E-state index contributed by atoms with van der Waals surface area (Å²) in [7, 11) is 0. The minimum atomic E-state index is -0.444. The van der Waals surface area contributed by atoms with Gasteiger partial charge < -0.3 is 4.74 Å². The van der Waals surface area contributed by atoms with E-state index in [0.29, 0.717) is 23.5 Å². The van der Waals surface area contributed by atoms with E-state index >= 15 is 0 Å². The van der Waals surface area contributed by atoms with Gasteiger partial charge in [-0.05, 0) is 42.5 Å². The minimum absolute atomic E-state index is 0.0970. The first kappa shape index (κ1) is 20.9. The number of imide groups is 1. The highest BCUT2D eigenvalue weighted by Gasteiger charge is 2.35. The lowest BCUT2D eigenvalue weighted by atomic mass is 10.1. The van der Waals surface area contributed by atoms with Gasteiger partial charge in [0.05, 0.1) is 11.4 Å². The van der Waals surface area contributed by atoms with Gasteiger partial charge in [0.15, 0.2) is 0 Å². The number of carbonyl (C=O) groups is 2. The lowest BCUT2D eigenvalue weighted by Gasteiger charge is -2.13. The van der Waals surface area contributed by atoms with Crippen LogP contribution in [0.1, 0.15) is 22.3 Å². The average Bonchev–Trinajstić information content (AvgIpc) is 3.02. The van der Waals surface area contributed by atoms with Crippen molar-refractivity contribution in [1.82, 2.24) is 4.90 Å². The summed E-state index contributed by atoms with van der Waals surface area (Å²) in [5.74, 6) is -0.267. The quantitative estimate of drug-likeness (QED) is 0.451. The van der Waals surface area contributed by atoms with Crippen LogP contribution in [0, 0.1) is 12.7 Å². The highest BCUT2D eigenvalue weighted by atomic mass is 32.2. The van der Waals surface area contributed by atoms with Gasteiger partial charge in [0.1, 0.15) is 18.2 Å². The summed E-state index contributed by atoms with van der Waals surface area (Å²) in [6.07, 6.45) is 1.65. The second-order valence-corrected chi connectivity index (χ2v) is 8.17. The molecule has 1 heterocycles. The zero-order chi connectivity index (χ0) is 21.8. The fourth-order valence-electron chi connectivity index (χ4n) is 3.27. The van der Waals surface area contributed by atoms with Crippen molar-refractivity contribution in [2.24, 2.45) is 0 Å². The van der Waals surface area contributed by atoms with Crippen molar-refractivity contribution in [3.05, 3.63) is 106 Å². The number of benzene rings is 3. The molecule has 0 spiro atoms. The Hall–Kier alpha value is -3.38. The van der Waals surface area contributed by atoms with Gasteiger partial charge in [0, 0.05) is 11.1 Å². The molecular weight excluding hydrogens is 413 g/mol. The molecule has 1 saturated heterocycles. The van der Waals surface area contributed by atoms with Crippen LogP contribution in [0.4, 0.5) is 9.18 Å². The third-order valence-electron chi connectivity index (χ3n) is 4.84. The molecule has 3 aromatic carbocycles. The summed E-state index contributed by atoms with van der Waals surface area (Å²) in [6, 6.07) is 21.5. The second kappa shape index (κ2) is 9.18. The number of rotatable bonds is 6. The van der Waals surface area contributed by atoms with Gasteiger partial charge in [-0.15, -0.1) is 0 Å². The average molecular weight is 434 g/mol. The maximum Gasteiger partial charge on any atom is 0.293 e. The number of carbonyl (C=O) groups excluding carboxylic acids is 2. The number of halogens is 1. The maximum absolute atomic E-state index is 14.0. The molecule has 156 valence electrons. The lowest BCUT2D eigenvalue weighted by Crippen LogP contribution is -2.27. The fourth-order valence-corrected chi connectivity index (χ4v) is 4.10. The van der Waals surface area contributed by atoms with Gasteiger partial charge in [-0.3, -0.25) is 14.5 Å². The molecule has 3 aromatic rings. The third-order valence-corrected chi connectivity index (χ3v) is 5.75. The SMILES string of the molecule is Cc1cccc(COc2ccccc2/C=C2/SC(=O)N(Cc3ccccc3F)C2=O)c1. The van der Waals surface area contributed by atoms with Crippen LogP contribution in [0.15, 0.2) is 77.7 Å². The van der Waals surface area contributed by atoms with Gasteiger partial charge in [-0.1, -0.05) is 66.2 Å². The highest BCUT2D eigenvalue weighted by molar-refractivity contribution is 8.18. The predicted octanol–water partition coefficient (Wildman–Crippen LogP) is 5.95. The maximum atomic E-state index is 14.0. The van der Waals surface area contributed by atoms with Crippen molar-refractivity contribution in [2.75, 3.05) is 0 Å². The first-order chi connectivity index (χ1) is 15.0. The number of hydrogen-bond acceptors (Lipinski definition) is 4. The number of aryl methyl sites for hydroxylation is 1. The number of para-hydroxylation sites is 1. The summed E-state index contributed by atoms with van der Waals surface area (Å²) in [4.78, 5) is 26.6. The van der Waals surface area contributed by atoms with Crippen LogP contribution in [-0.4, -0.2) is 16.0 Å².